The molecule has 7 aromatic carbocycles. The minimum absolute atomic E-state index is 0.570. The number of nitrogens with zero attached hydrogens (tertiary/aromatic N) is 3. The van der Waals surface area contributed by atoms with Gasteiger partial charge in [0.2, 0.25) is 0 Å². The second kappa shape index (κ2) is 11.5. The van der Waals surface area contributed by atoms with E-state index in [2.05, 4.69) is 115 Å². The van der Waals surface area contributed by atoms with Crippen LogP contribution >= 0.6 is 0 Å². The SMILES string of the molecule is c1ccc(-c2nc(-c3ccc4c(c3)Oc3ccccc3C43c4ccccc4-c4cc5ccoc5cc43)nc(-c3ccccc3-c3ccccc3)n2)cc1. The van der Waals surface area contributed by atoms with Crippen molar-refractivity contribution in [2.24, 2.45) is 0 Å². The van der Waals surface area contributed by atoms with Crippen LogP contribution in [0, 0.1) is 0 Å². The highest BCUT2D eigenvalue weighted by Crippen LogP contribution is 2.62. The lowest BCUT2D eigenvalue weighted by Crippen LogP contribution is -2.32. The van der Waals surface area contributed by atoms with Gasteiger partial charge in [-0.05, 0) is 63.7 Å². The molecule has 0 bridgehead atoms. The minimum atomic E-state index is -0.621. The van der Waals surface area contributed by atoms with Crippen LogP contribution in [0.25, 0.3) is 67.4 Å². The fraction of sp³-hybridized carbons (Fsp3) is 0.0208. The summed E-state index contributed by atoms with van der Waals surface area (Å²) in [5.74, 6) is 3.36. The first-order valence-electron chi connectivity index (χ1n) is 17.8. The summed E-state index contributed by atoms with van der Waals surface area (Å²) >= 11 is 0. The van der Waals surface area contributed by atoms with Gasteiger partial charge in [-0.3, -0.25) is 0 Å². The third-order valence-corrected chi connectivity index (χ3v) is 10.7. The Morgan fingerprint density at radius 2 is 1.00 bits per heavy atom. The molecular formula is C48H29N3O2. The Kier molecular flexibility index (Phi) is 6.40. The van der Waals surface area contributed by atoms with Crippen molar-refractivity contribution in [2.45, 2.75) is 5.41 Å². The van der Waals surface area contributed by atoms with Gasteiger partial charge in [0.1, 0.15) is 17.1 Å². The molecule has 1 unspecified atom stereocenters. The van der Waals surface area contributed by atoms with E-state index in [-0.39, 0.29) is 0 Å². The lowest BCUT2D eigenvalue weighted by molar-refractivity contribution is 0.436. The first-order valence-corrected chi connectivity index (χ1v) is 17.8. The van der Waals surface area contributed by atoms with E-state index in [9.17, 15) is 0 Å². The fourth-order valence-electron chi connectivity index (χ4n) is 8.39. The van der Waals surface area contributed by atoms with Crippen molar-refractivity contribution in [1.82, 2.24) is 15.0 Å². The van der Waals surface area contributed by atoms with Crippen molar-refractivity contribution in [3.05, 3.63) is 198 Å². The Balaban J connectivity index is 1.14. The van der Waals surface area contributed by atoms with Crippen molar-refractivity contribution in [1.29, 1.82) is 0 Å². The average Bonchev–Trinajstić information content (AvgIpc) is 3.81. The maximum Gasteiger partial charge on any atom is 0.164 e. The van der Waals surface area contributed by atoms with Gasteiger partial charge >= 0.3 is 0 Å². The predicted molar refractivity (Wildman–Crippen MR) is 209 cm³/mol. The minimum Gasteiger partial charge on any atom is -0.464 e. The van der Waals surface area contributed by atoms with Crippen molar-refractivity contribution < 1.29 is 9.15 Å². The zero-order valence-electron chi connectivity index (χ0n) is 28.4. The molecule has 0 amide bonds. The largest absolute Gasteiger partial charge is 0.464 e. The molecule has 5 nitrogen and oxygen atoms in total. The smallest absolute Gasteiger partial charge is 0.164 e. The first-order chi connectivity index (χ1) is 26.3. The van der Waals surface area contributed by atoms with Crippen LogP contribution in [-0.4, -0.2) is 15.0 Å². The van der Waals surface area contributed by atoms with Gasteiger partial charge in [-0.1, -0.05) is 140 Å². The molecule has 248 valence electrons. The number of hydrogen-bond donors (Lipinski definition) is 0. The summed E-state index contributed by atoms with van der Waals surface area (Å²) in [6.07, 6.45) is 1.77. The lowest BCUT2D eigenvalue weighted by Gasteiger charge is -2.39. The highest BCUT2D eigenvalue weighted by atomic mass is 16.5. The van der Waals surface area contributed by atoms with Crippen LogP contribution in [0.4, 0.5) is 0 Å². The summed E-state index contributed by atoms with van der Waals surface area (Å²) in [6, 6.07) is 58.8. The third kappa shape index (κ3) is 4.41. The van der Waals surface area contributed by atoms with E-state index in [1.807, 2.05) is 54.6 Å². The molecule has 9 aromatic rings. The Hall–Kier alpha value is -7.11. The van der Waals surface area contributed by atoms with Gasteiger partial charge in [-0.2, -0.15) is 0 Å². The molecule has 3 heterocycles. The molecule has 1 atom stereocenters. The Labute approximate surface area is 305 Å². The Morgan fingerprint density at radius 1 is 0.377 bits per heavy atom. The first kappa shape index (κ1) is 29.6. The van der Waals surface area contributed by atoms with Crippen LogP contribution in [0.1, 0.15) is 22.3 Å². The summed E-state index contributed by atoms with van der Waals surface area (Å²) in [4.78, 5) is 15.3. The number of aromatic nitrogens is 3. The molecule has 53 heavy (non-hydrogen) atoms. The molecule has 0 saturated carbocycles. The molecule has 1 spiro atoms. The number of para-hydroxylation sites is 1. The molecule has 5 heteroatoms. The molecular weight excluding hydrogens is 651 g/mol. The molecule has 0 fully saturated rings. The number of furan rings is 1. The number of ether oxygens (including phenoxy) is 1. The molecule has 1 aliphatic carbocycles. The Bertz CT molecular complexity index is 2880. The summed E-state index contributed by atoms with van der Waals surface area (Å²) in [6.45, 7) is 0. The van der Waals surface area contributed by atoms with Crippen molar-refractivity contribution in [2.75, 3.05) is 0 Å². The van der Waals surface area contributed by atoms with Crippen LogP contribution in [0.15, 0.2) is 181 Å². The van der Waals surface area contributed by atoms with E-state index in [0.717, 1.165) is 61.4 Å². The molecule has 2 aliphatic rings. The lowest BCUT2D eigenvalue weighted by atomic mass is 9.66. The molecule has 0 saturated heterocycles. The zero-order valence-corrected chi connectivity index (χ0v) is 28.4. The standard InChI is InChI=1S/C48H29N3O2/c1-3-13-30(14-4-1)34-17-7-8-19-36(34)47-50-45(31-15-5-2-6-16-31)49-46(51-47)33-23-24-40-44(28-33)53-42-22-12-11-21-39(42)48(40)38-20-10-9-18-35(38)37-27-32-25-26-52-43(32)29-41(37)48/h1-29H. The fourth-order valence-corrected chi connectivity index (χ4v) is 8.39. The van der Waals surface area contributed by atoms with Crippen LogP contribution in [0.2, 0.25) is 0 Å². The molecule has 0 N–H and O–H groups in total. The summed E-state index contributed by atoms with van der Waals surface area (Å²) in [7, 11) is 0. The van der Waals surface area contributed by atoms with E-state index in [1.54, 1.807) is 6.26 Å². The van der Waals surface area contributed by atoms with Crippen LogP contribution in [-0.2, 0) is 5.41 Å². The number of hydrogen-bond acceptors (Lipinski definition) is 5. The number of fused-ring (bicyclic) bond motifs is 10. The topological polar surface area (TPSA) is 61.0 Å². The normalized spacial score (nSPS) is 15.0. The quantitative estimate of drug-likeness (QED) is 0.185. The van der Waals surface area contributed by atoms with E-state index in [4.69, 9.17) is 24.1 Å². The van der Waals surface area contributed by atoms with E-state index in [1.165, 1.54) is 22.3 Å². The summed E-state index contributed by atoms with van der Waals surface area (Å²) < 4.78 is 12.8. The van der Waals surface area contributed by atoms with Crippen molar-refractivity contribution in [3.63, 3.8) is 0 Å². The summed E-state index contributed by atoms with van der Waals surface area (Å²) in [5, 5.41) is 1.08. The predicted octanol–water partition coefficient (Wildman–Crippen LogP) is 11.8. The van der Waals surface area contributed by atoms with Crippen molar-refractivity contribution in [3.8, 4) is 67.9 Å². The number of rotatable bonds is 4. The van der Waals surface area contributed by atoms with Gasteiger partial charge in [0.15, 0.2) is 17.5 Å². The average molecular weight is 680 g/mol. The molecule has 2 aromatic heterocycles. The van der Waals surface area contributed by atoms with Gasteiger partial charge in [0.25, 0.3) is 0 Å². The maximum absolute atomic E-state index is 6.84. The second-order valence-corrected chi connectivity index (χ2v) is 13.5. The Morgan fingerprint density at radius 3 is 1.81 bits per heavy atom. The zero-order chi connectivity index (χ0) is 34.9. The van der Waals surface area contributed by atoms with Gasteiger partial charge in [0, 0.05) is 33.2 Å². The van der Waals surface area contributed by atoms with Gasteiger partial charge in [-0.15, -0.1) is 0 Å². The highest BCUT2D eigenvalue weighted by molar-refractivity contribution is 5.95. The monoisotopic (exact) mass is 679 g/mol. The molecule has 11 rings (SSSR count). The van der Waals surface area contributed by atoms with E-state index < -0.39 is 5.41 Å². The van der Waals surface area contributed by atoms with Crippen molar-refractivity contribution >= 4 is 11.0 Å². The van der Waals surface area contributed by atoms with E-state index in [0.29, 0.717) is 17.5 Å². The number of benzene rings is 7. The third-order valence-electron chi connectivity index (χ3n) is 10.7. The van der Waals surface area contributed by atoms with Crippen LogP contribution in [0.5, 0.6) is 11.5 Å². The van der Waals surface area contributed by atoms with Gasteiger partial charge < -0.3 is 9.15 Å². The highest BCUT2D eigenvalue weighted by Gasteiger charge is 2.51. The van der Waals surface area contributed by atoms with Crippen LogP contribution < -0.4 is 4.74 Å². The maximum atomic E-state index is 6.84. The summed E-state index contributed by atoms with van der Waals surface area (Å²) in [5.41, 5.74) is 12.1. The molecule has 1 aliphatic heterocycles. The van der Waals surface area contributed by atoms with Gasteiger partial charge in [-0.25, -0.2) is 15.0 Å². The van der Waals surface area contributed by atoms with Gasteiger partial charge in [0.05, 0.1) is 11.7 Å². The molecule has 0 radical (unpaired) electrons. The van der Waals surface area contributed by atoms with E-state index >= 15 is 0 Å². The second-order valence-electron chi connectivity index (χ2n) is 13.5. The van der Waals surface area contributed by atoms with Crippen LogP contribution in [0.3, 0.4) is 0 Å².